The molecule has 1 aliphatic carbocycles. The number of rotatable bonds is 3. The second-order valence-corrected chi connectivity index (χ2v) is 4.43. The molecule has 1 N–H and O–H groups in total. The van der Waals surface area contributed by atoms with E-state index in [0.717, 1.165) is 25.9 Å². The van der Waals surface area contributed by atoms with Crippen LogP contribution in [0, 0.1) is 11.8 Å². The molecular formula is C10H16F3NO. The molecule has 2 nitrogen and oxygen atoms in total. The zero-order chi connectivity index (χ0) is 10.9. The summed E-state index contributed by atoms with van der Waals surface area (Å²) in [6.07, 6.45) is -1.75. The third kappa shape index (κ3) is 3.08. The largest absolute Gasteiger partial charge is 0.392 e. The van der Waals surface area contributed by atoms with Crippen molar-refractivity contribution in [3.63, 3.8) is 0 Å². The highest BCUT2D eigenvalue weighted by Crippen LogP contribution is 2.50. The molecule has 0 amide bonds. The smallest absolute Gasteiger partial charge is 0.378 e. The molecule has 1 saturated heterocycles. The Morgan fingerprint density at radius 1 is 1.20 bits per heavy atom. The summed E-state index contributed by atoms with van der Waals surface area (Å²) in [5.41, 5.74) is 0. The van der Waals surface area contributed by atoms with Crippen LogP contribution in [-0.4, -0.2) is 32.0 Å². The molecule has 2 rings (SSSR count). The van der Waals surface area contributed by atoms with Gasteiger partial charge in [0.05, 0.1) is 18.6 Å². The molecule has 0 spiro atoms. The van der Waals surface area contributed by atoms with Crippen LogP contribution < -0.4 is 5.32 Å². The van der Waals surface area contributed by atoms with Crippen molar-refractivity contribution in [2.24, 2.45) is 11.8 Å². The van der Waals surface area contributed by atoms with Gasteiger partial charge < -0.3 is 10.1 Å². The predicted molar refractivity (Wildman–Crippen MR) is 49.5 cm³/mol. The lowest BCUT2D eigenvalue weighted by molar-refractivity contribution is -0.153. The van der Waals surface area contributed by atoms with E-state index in [9.17, 15) is 13.2 Å². The van der Waals surface area contributed by atoms with Crippen LogP contribution in [0.3, 0.4) is 0 Å². The van der Waals surface area contributed by atoms with E-state index in [1.54, 1.807) is 0 Å². The molecule has 0 aromatic rings. The predicted octanol–water partition coefficient (Wildman–Crippen LogP) is 1.95. The summed E-state index contributed by atoms with van der Waals surface area (Å²) in [7, 11) is 0. The Balaban J connectivity index is 1.63. The van der Waals surface area contributed by atoms with Gasteiger partial charge in [0.25, 0.3) is 0 Å². The van der Waals surface area contributed by atoms with Crippen molar-refractivity contribution in [1.82, 2.24) is 5.32 Å². The highest BCUT2D eigenvalue weighted by Gasteiger charge is 2.55. The lowest BCUT2D eigenvalue weighted by Gasteiger charge is -2.23. The Hall–Kier alpha value is -0.290. The second kappa shape index (κ2) is 4.29. The summed E-state index contributed by atoms with van der Waals surface area (Å²) in [6.45, 7) is 2.12. The lowest BCUT2D eigenvalue weighted by atomic mass is 10.1. The molecule has 0 bridgehead atoms. The molecule has 0 radical (unpaired) electrons. The van der Waals surface area contributed by atoms with Gasteiger partial charge in [-0.3, -0.25) is 0 Å². The third-order valence-corrected chi connectivity index (χ3v) is 3.18. The van der Waals surface area contributed by atoms with Gasteiger partial charge in [-0.25, -0.2) is 0 Å². The fourth-order valence-electron chi connectivity index (χ4n) is 2.05. The average molecular weight is 223 g/mol. The molecule has 2 aliphatic rings. The van der Waals surface area contributed by atoms with E-state index in [1.807, 2.05) is 0 Å². The van der Waals surface area contributed by atoms with Gasteiger partial charge in [-0.15, -0.1) is 0 Å². The van der Waals surface area contributed by atoms with Gasteiger partial charge in [-0.05, 0) is 38.3 Å². The van der Waals surface area contributed by atoms with Crippen LogP contribution >= 0.6 is 0 Å². The van der Waals surface area contributed by atoms with E-state index >= 15 is 0 Å². The van der Waals surface area contributed by atoms with Gasteiger partial charge in [0.15, 0.2) is 0 Å². The number of ether oxygens (including phenoxy) is 1. The number of hydrogen-bond donors (Lipinski definition) is 1. The fraction of sp³-hybridized carbons (Fsp3) is 1.00. The summed E-state index contributed by atoms with van der Waals surface area (Å²) < 4.78 is 42.1. The summed E-state index contributed by atoms with van der Waals surface area (Å²) in [6, 6.07) is 0. The number of alkyl halides is 3. The summed E-state index contributed by atoms with van der Waals surface area (Å²) >= 11 is 0. The van der Waals surface area contributed by atoms with Crippen molar-refractivity contribution in [3.05, 3.63) is 0 Å². The number of nitrogens with one attached hydrogen (secondary N) is 1. The number of halogens is 3. The van der Waals surface area contributed by atoms with Crippen molar-refractivity contribution in [1.29, 1.82) is 0 Å². The van der Waals surface area contributed by atoms with Crippen molar-refractivity contribution in [3.8, 4) is 0 Å². The van der Waals surface area contributed by atoms with Crippen molar-refractivity contribution in [2.75, 3.05) is 19.7 Å². The minimum atomic E-state index is -4.01. The molecule has 1 aliphatic heterocycles. The highest BCUT2D eigenvalue weighted by atomic mass is 19.4. The van der Waals surface area contributed by atoms with Crippen LogP contribution in [0.1, 0.15) is 19.3 Å². The summed E-state index contributed by atoms with van der Waals surface area (Å²) in [4.78, 5) is 0. The molecule has 15 heavy (non-hydrogen) atoms. The highest BCUT2D eigenvalue weighted by molar-refractivity contribution is 4.91. The second-order valence-electron chi connectivity index (χ2n) is 4.43. The quantitative estimate of drug-likeness (QED) is 0.789. The monoisotopic (exact) mass is 223 g/mol. The van der Waals surface area contributed by atoms with Gasteiger partial charge >= 0.3 is 6.18 Å². The van der Waals surface area contributed by atoms with Crippen LogP contribution in [-0.2, 0) is 4.74 Å². The molecule has 1 saturated carbocycles. The molecule has 5 heteroatoms. The Bertz CT molecular complexity index is 213. The Labute approximate surface area is 87.2 Å². The van der Waals surface area contributed by atoms with E-state index < -0.39 is 12.1 Å². The Kier molecular flexibility index (Phi) is 3.21. The maximum Gasteiger partial charge on any atom is 0.392 e. The van der Waals surface area contributed by atoms with Crippen LogP contribution in [0.4, 0.5) is 13.2 Å². The standard InChI is InChI=1S/C10H16F3NO/c11-10(12,13)9-5-7(9)6-15-8-1-3-14-4-2-8/h7-9,14H,1-6H2/t7?,9-/m0/s1. The zero-order valence-corrected chi connectivity index (χ0v) is 8.52. The molecular weight excluding hydrogens is 207 g/mol. The first-order chi connectivity index (χ1) is 7.07. The SMILES string of the molecule is FC(F)(F)[C@H]1CC1COC1CCNCC1. The number of piperidine rings is 1. The molecule has 1 unspecified atom stereocenters. The van der Waals surface area contributed by atoms with E-state index in [-0.39, 0.29) is 25.0 Å². The van der Waals surface area contributed by atoms with Gasteiger partial charge in [0, 0.05) is 0 Å². The van der Waals surface area contributed by atoms with Gasteiger partial charge in [-0.1, -0.05) is 0 Å². The van der Waals surface area contributed by atoms with Gasteiger partial charge in [0.1, 0.15) is 0 Å². The van der Waals surface area contributed by atoms with E-state index in [2.05, 4.69) is 5.32 Å². The topological polar surface area (TPSA) is 21.3 Å². The third-order valence-electron chi connectivity index (χ3n) is 3.18. The first-order valence-corrected chi connectivity index (χ1v) is 5.46. The van der Waals surface area contributed by atoms with Crippen molar-refractivity contribution >= 4 is 0 Å². The average Bonchev–Trinajstić information content (AvgIpc) is 2.95. The maximum absolute atomic E-state index is 12.2. The molecule has 2 fully saturated rings. The molecule has 2 atom stereocenters. The van der Waals surface area contributed by atoms with Crippen molar-refractivity contribution in [2.45, 2.75) is 31.5 Å². The number of hydrogen-bond acceptors (Lipinski definition) is 2. The van der Waals surface area contributed by atoms with E-state index in [0.29, 0.717) is 0 Å². The minimum absolute atomic E-state index is 0.167. The summed E-state index contributed by atoms with van der Waals surface area (Å²) in [5.74, 6) is -1.38. The normalized spacial score (nSPS) is 33.0. The molecule has 0 aromatic heterocycles. The summed E-state index contributed by atoms with van der Waals surface area (Å²) in [5, 5.41) is 3.19. The zero-order valence-electron chi connectivity index (χ0n) is 8.52. The first-order valence-electron chi connectivity index (χ1n) is 5.46. The maximum atomic E-state index is 12.2. The Morgan fingerprint density at radius 3 is 2.40 bits per heavy atom. The molecule has 0 aromatic carbocycles. The van der Waals surface area contributed by atoms with Crippen molar-refractivity contribution < 1.29 is 17.9 Å². The fourth-order valence-corrected chi connectivity index (χ4v) is 2.05. The Morgan fingerprint density at radius 2 is 1.87 bits per heavy atom. The first kappa shape index (κ1) is 11.2. The van der Waals surface area contributed by atoms with Gasteiger partial charge in [-0.2, -0.15) is 13.2 Å². The van der Waals surface area contributed by atoms with Crippen LogP contribution in [0.2, 0.25) is 0 Å². The van der Waals surface area contributed by atoms with Crippen LogP contribution in [0.15, 0.2) is 0 Å². The lowest BCUT2D eigenvalue weighted by Crippen LogP contribution is -2.33. The van der Waals surface area contributed by atoms with Crippen LogP contribution in [0.25, 0.3) is 0 Å². The molecule has 1 heterocycles. The molecule has 88 valence electrons. The van der Waals surface area contributed by atoms with E-state index in [1.165, 1.54) is 0 Å². The van der Waals surface area contributed by atoms with Crippen LogP contribution in [0.5, 0.6) is 0 Å². The van der Waals surface area contributed by atoms with E-state index in [4.69, 9.17) is 4.74 Å². The van der Waals surface area contributed by atoms with Gasteiger partial charge in [0.2, 0.25) is 0 Å². The minimum Gasteiger partial charge on any atom is -0.378 e.